The highest BCUT2D eigenvalue weighted by Crippen LogP contribution is 2.50. The van der Waals surface area contributed by atoms with Crippen molar-refractivity contribution in [2.24, 2.45) is 29.6 Å². The van der Waals surface area contributed by atoms with Crippen LogP contribution in [-0.2, 0) is 20.7 Å². The number of aliphatic hydroxyl groups excluding tert-OH is 1. The second-order valence-corrected chi connectivity index (χ2v) is 10.1. The Bertz CT molecular complexity index is 981. The largest absolute Gasteiger partial charge is 0.444 e. The molecule has 1 aromatic rings. The lowest BCUT2D eigenvalue weighted by Gasteiger charge is -2.44. The number of nitrogens with one attached hydrogen (secondary N) is 1. The molecule has 1 aromatic carbocycles. The summed E-state index contributed by atoms with van der Waals surface area (Å²) < 4.78 is 6.13. The maximum absolute atomic E-state index is 13.6. The van der Waals surface area contributed by atoms with Crippen LogP contribution >= 0.6 is 0 Å². The van der Waals surface area contributed by atoms with Crippen LogP contribution in [0.25, 0.3) is 0 Å². The number of ether oxygens (including phenoxy) is 1. The van der Waals surface area contributed by atoms with E-state index in [2.05, 4.69) is 37.4 Å². The minimum atomic E-state index is -1.29. The second kappa shape index (κ2) is 9.30. The molecule has 1 saturated heterocycles. The standard InChI is InChI=1S/C28H35NO4/c1-17-9-8-12-22-15-19(3)20(4)25-23(16-21-10-6-5-7-11-21)29-27(32)28(22,25)33-24(30)14-13-18(2)26(17)31/h5-8,10-15,17-18,20,22-23,25-26,31H,9,16H2,1-4H3,(H,29,32)/b12-8-,14-13-/t17-,18-,20+,22-,23-,25-,26+,28-/m0/s1. The van der Waals surface area contributed by atoms with Gasteiger partial charge < -0.3 is 15.2 Å². The quantitative estimate of drug-likeness (QED) is 0.529. The van der Waals surface area contributed by atoms with Crippen LogP contribution in [0, 0.1) is 29.6 Å². The minimum Gasteiger partial charge on any atom is -0.444 e. The average Bonchev–Trinajstić information content (AvgIpc) is 3.06. The van der Waals surface area contributed by atoms with Crippen molar-refractivity contribution >= 4 is 11.9 Å². The molecule has 2 aliphatic heterocycles. The van der Waals surface area contributed by atoms with Crippen molar-refractivity contribution in [1.82, 2.24) is 5.32 Å². The van der Waals surface area contributed by atoms with E-state index in [0.29, 0.717) is 12.8 Å². The van der Waals surface area contributed by atoms with Crippen molar-refractivity contribution < 1.29 is 19.4 Å². The van der Waals surface area contributed by atoms with E-state index in [1.165, 1.54) is 11.6 Å². The van der Waals surface area contributed by atoms with E-state index >= 15 is 0 Å². The predicted octanol–water partition coefficient (Wildman–Crippen LogP) is 3.99. The Kier molecular flexibility index (Phi) is 6.62. The number of aliphatic hydroxyl groups is 1. The van der Waals surface area contributed by atoms with E-state index in [-0.39, 0.29) is 41.5 Å². The Morgan fingerprint density at radius 2 is 1.85 bits per heavy atom. The highest BCUT2D eigenvalue weighted by atomic mass is 16.6. The lowest BCUT2D eigenvalue weighted by Crippen LogP contribution is -2.56. The van der Waals surface area contributed by atoms with Gasteiger partial charge in [-0.05, 0) is 37.2 Å². The van der Waals surface area contributed by atoms with E-state index in [9.17, 15) is 14.7 Å². The molecule has 33 heavy (non-hydrogen) atoms. The molecule has 1 fully saturated rings. The molecular weight excluding hydrogens is 414 g/mol. The third-order valence-electron chi connectivity index (χ3n) is 7.87. The van der Waals surface area contributed by atoms with Gasteiger partial charge in [0.05, 0.1) is 6.10 Å². The first kappa shape index (κ1) is 23.5. The normalized spacial score (nSPS) is 40.8. The number of rotatable bonds is 2. The minimum absolute atomic E-state index is 0.0268. The molecule has 0 aromatic heterocycles. The van der Waals surface area contributed by atoms with Gasteiger partial charge in [-0.1, -0.05) is 81.0 Å². The van der Waals surface area contributed by atoms with Gasteiger partial charge in [-0.25, -0.2) is 4.79 Å². The second-order valence-electron chi connectivity index (χ2n) is 10.1. The van der Waals surface area contributed by atoms with Crippen LogP contribution in [0.1, 0.15) is 39.7 Å². The van der Waals surface area contributed by atoms with Crippen molar-refractivity contribution in [2.75, 3.05) is 0 Å². The first-order valence-corrected chi connectivity index (χ1v) is 12.0. The Morgan fingerprint density at radius 3 is 2.58 bits per heavy atom. The summed E-state index contributed by atoms with van der Waals surface area (Å²) in [5.74, 6) is -1.41. The van der Waals surface area contributed by atoms with Gasteiger partial charge in [0.1, 0.15) is 0 Å². The number of hydrogen-bond donors (Lipinski definition) is 2. The highest BCUT2D eigenvalue weighted by molar-refractivity contribution is 5.94. The van der Waals surface area contributed by atoms with Gasteiger partial charge in [-0.3, -0.25) is 4.79 Å². The molecule has 0 bridgehead atoms. The zero-order chi connectivity index (χ0) is 23.8. The SMILES string of the molecule is CC1=C[C@@H]2/C=C\C[C@H](C)[C@@H](O)[C@@H](C)/C=C\C(=O)O[C@@]23C(=O)N[C@@H](Cc2ccccc2)[C@@H]3[C@@H]1C. The number of benzene rings is 1. The topological polar surface area (TPSA) is 75.6 Å². The number of carbonyl (C=O) groups is 2. The van der Waals surface area contributed by atoms with Crippen LogP contribution in [0.3, 0.4) is 0 Å². The molecule has 4 rings (SSSR count). The average molecular weight is 450 g/mol. The highest BCUT2D eigenvalue weighted by Gasteiger charge is 2.64. The zero-order valence-corrected chi connectivity index (χ0v) is 19.9. The van der Waals surface area contributed by atoms with Crippen LogP contribution in [0.15, 0.2) is 66.3 Å². The Hall–Kier alpha value is -2.66. The molecule has 0 unspecified atom stereocenters. The van der Waals surface area contributed by atoms with Crippen LogP contribution < -0.4 is 5.32 Å². The predicted molar refractivity (Wildman–Crippen MR) is 128 cm³/mol. The van der Waals surface area contributed by atoms with Crippen LogP contribution in [0.2, 0.25) is 0 Å². The van der Waals surface area contributed by atoms with Gasteiger partial charge in [0, 0.05) is 29.9 Å². The molecule has 2 N–H and O–H groups in total. The first-order chi connectivity index (χ1) is 15.7. The van der Waals surface area contributed by atoms with Gasteiger partial charge in [0.25, 0.3) is 5.91 Å². The molecule has 8 atom stereocenters. The molecule has 5 nitrogen and oxygen atoms in total. The smallest absolute Gasteiger partial charge is 0.331 e. The van der Waals surface area contributed by atoms with Crippen molar-refractivity contribution in [2.45, 2.75) is 58.3 Å². The van der Waals surface area contributed by atoms with Gasteiger partial charge in [-0.15, -0.1) is 0 Å². The van der Waals surface area contributed by atoms with Crippen LogP contribution in [-0.4, -0.2) is 34.7 Å². The summed E-state index contributed by atoms with van der Waals surface area (Å²) in [5.41, 5.74) is 1.04. The summed E-state index contributed by atoms with van der Waals surface area (Å²) in [6, 6.07) is 9.97. The molecule has 0 radical (unpaired) electrons. The maximum atomic E-state index is 13.6. The van der Waals surface area contributed by atoms with Crippen LogP contribution in [0.4, 0.5) is 0 Å². The molecule has 1 spiro atoms. The van der Waals surface area contributed by atoms with E-state index in [4.69, 9.17) is 4.74 Å². The van der Waals surface area contributed by atoms with E-state index in [1.54, 1.807) is 6.08 Å². The fourth-order valence-corrected chi connectivity index (χ4v) is 5.83. The molecular formula is C28H35NO4. The summed E-state index contributed by atoms with van der Waals surface area (Å²) in [6.07, 6.45) is 9.98. The fourth-order valence-electron chi connectivity index (χ4n) is 5.83. The lowest BCUT2D eigenvalue weighted by molar-refractivity contribution is -0.172. The fraction of sp³-hybridized carbons (Fsp3) is 0.500. The van der Waals surface area contributed by atoms with Gasteiger partial charge >= 0.3 is 5.97 Å². The number of allylic oxidation sites excluding steroid dienone is 2. The third kappa shape index (κ3) is 4.31. The summed E-state index contributed by atoms with van der Waals surface area (Å²) in [4.78, 5) is 26.7. The molecule has 3 aliphatic rings. The molecule has 176 valence electrons. The molecule has 0 saturated carbocycles. The number of hydrogen-bond acceptors (Lipinski definition) is 4. The van der Waals surface area contributed by atoms with E-state index in [1.807, 2.05) is 44.2 Å². The zero-order valence-electron chi connectivity index (χ0n) is 19.9. The van der Waals surface area contributed by atoms with Crippen molar-refractivity contribution in [1.29, 1.82) is 0 Å². The summed E-state index contributed by atoms with van der Waals surface area (Å²) in [7, 11) is 0. The number of carbonyl (C=O) groups excluding carboxylic acids is 2. The monoisotopic (exact) mass is 449 g/mol. The lowest BCUT2D eigenvalue weighted by atomic mass is 9.63. The Labute approximate surface area is 196 Å². The van der Waals surface area contributed by atoms with Gasteiger partial charge in [0.2, 0.25) is 5.60 Å². The molecule has 1 aliphatic carbocycles. The van der Waals surface area contributed by atoms with Crippen molar-refractivity contribution in [3.8, 4) is 0 Å². The Balaban J connectivity index is 1.77. The Morgan fingerprint density at radius 1 is 1.12 bits per heavy atom. The summed E-state index contributed by atoms with van der Waals surface area (Å²) in [5, 5.41) is 13.8. The van der Waals surface area contributed by atoms with Crippen molar-refractivity contribution in [3.63, 3.8) is 0 Å². The van der Waals surface area contributed by atoms with Crippen molar-refractivity contribution in [3.05, 3.63) is 71.8 Å². The van der Waals surface area contributed by atoms with Gasteiger partial charge in [0.15, 0.2) is 0 Å². The first-order valence-electron chi connectivity index (χ1n) is 12.0. The summed E-state index contributed by atoms with van der Waals surface area (Å²) in [6.45, 7) is 8.11. The molecule has 1 amide bonds. The van der Waals surface area contributed by atoms with E-state index < -0.39 is 17.7 Å². The summed E-state index contributed by atoms with van der Waals surface area (Å²) >= 11 is 0. The number of esters is 1. The number of amides is 1. The molecule has 2 heterocycles. The van der Waals surface area contributed by atoms with E-state index in [0.717, 1.165) is 5.56 Å². The van der Waals surface area contributed by atoms with Crippen LogP contribution in [0.5, 0.6) is 0 Å². The van der Waals surface area contributed by atoms with Gasteiger partial charge in [-0.2, -0.15) is 0 Å². The third-order valence-corrected chi connectivity index (χ3v) is 7.87. The molecule has 5 heteroatoms. The maximum Gasteiger partial charge on any atom is 0.331 e.